The van der Waals surface area contributed by atoms with Gasteiger partial charge in [0.1, 0.15) is 11.6 Å². The molecule has 7 nitrogen and oxygen atoms in total. The summed E-state index contributed by atoms with van der Waals surface area (Å²) in [4.78, 5) is 34.4. The number of aromatic nitrogens is 1. The molecule has 1 aromatic heterocycles. The molecule has 1 N–H and O–H groups in total. The minimum Gasteiger partial charge on any atom is -0.353 e. The van der Waals surface area contributed by atoms with E-state index in [1.807, 2.05) is 26.4 Å². The summed E-state index contributed by atoms with van der Waals surface area (Å²) in [5.74, 6) is -0.362. The average Bonchev–Trinajstić information content (AvgIpc) is 2.69. The van der Waals surface area contributed by atoms with Crippen LogP contribution in [-0.4, -0.2) is 66.9 Å². The normalized spacial score (nSPS) is 14.2. The molecule has 2 amide bonds. The number of halogens is 1. The highest BCUT2D eigenvalue weighted by molar-refractivity contribution is 5.97. The molecule has 0 unspecified atom stereocenters. The van der Waals surface area contributed by atoms with Crippen LogP contribution in [0.15, 0.2) is 36.5 Å². The molecular weight excluding hydrogens is 373 g/mol. The summed E-state index contributed by atoms with van der Waals surface area (Å²) in [6.07, 6.45) is 1.87. The van der Waals surface area contributed by atoms with Crippen molar-refractivity contribution in [1.82, 2.24) is 14.8 Å². The van der Waals surface area contributed by atoms with Crippen LogP contribution in [0.3, 0.4) is 0 Å². The third-order valence-electron chi connectivity index (χ3n) is 4.72. The summed E-state index contributed by atoms with van der Waals surface area (Å²) in [6.45, 7) is 4.40. The number of benzene rings is 1. The van der Waals surface area contributed by atoms with Crippen molar-refractivity contribution in [3.63, 3.8) is 0 Å². The van der Waals surface area contributed by atoms with Gasteiger partial charge in [0.05, 0.1) is 5.56 Å². The van der Waals surface area contributed by atoms with Gasteiger partial charge in [-0.3, -0.25) is 9.59 Å². The summed E-state index contributed by atoms with van der Waals surface area (Å²) >= 11 is 0. The Hall–Kier alpha value is -3.00. The second-order valence-electron chi connectivity index (χ2n) is 7.42. The number of hydrogen-bond donors (Lipinski definition) is 1. The lowest BCUT2D eigenvalue weighted by molar-refractivity contribution is -0.114. The van der Waals surface area contributed by atoms with Crippen LogP contribution in [0.5, 0.6) is 0 Å². The van der Waals surface area contributed by atoms with Crippen LogP contribution in [0.1, 0.15) is 22.8 Å². The molecule has 8 heteroatoms. The number of carbonyl (C=O) groups excluding carboxylic acids is 2. The zero-order valence-electron chi connectivity index (χ0n) is 17.0. The number of piperazine rings is 1. The fraction of sp³-hybridized carbons (Fsp3) is 0.381. The highest BCUT2D eigenvalue weighted by Crippen LogP contribution is 2.20. The maximum atomic E-state index is 14.2. The number of carbonyl (C=O) groups is 2. The van der Waals surface area contributed by atoms with Crippen molar-refractivity contribution in [2.45, 2.75) is 13.5 Å². The Bertz CT molecular complexity index is 877. The predicted molar refractivity (Wildman–Crippen MR) is 110 cm³/mol. The number of amides is 2. The van der Waals surface area contributed by atoms with Gasteiger partial charge in [-0.05, 0) is 43.9 Å². The van der Waals surface area contributed by atoms with Crippen LogP contribution in [0.4, 0.5) is 15.9 Å². The van der Waals surface area contributed by atoms with E-state index in [9.17, 15) is 14.0 Å². The molecule has 0 spiro atoms. The highest BCUT2D eigenvalue weighted by atomic mass is 19.1. The second kappa shape index (κ2) is 9.00. The van der Waals surface area contributed by atoms with Crippen LogP contribution < -0.4 is 10.2 Å². The first-order valence-corrected chi connectivity index (χ1v) is 9.54. The number of nitrogens with zero attached hydrogens (tertiary/aromatic N) is 4. The molecule has 3 rings (SSSR count). The summed E-state index contributed by atoms with van der Waals surface area (Å²) in [5.41, 5.74) is 1.51. The van der Waals surface area contributed by atoms with Gasteiger partial charge in [0.25, 0.3) is 5.91 Å². The Balaban J connectivity index is 1.63. The van der Waals surface area contributed by atoms with Gasteiger partial charge in [0.2, 0.25) is 5.91 Å². The lowest BCUT2D eigenvalue weighted by Gasteiger charge is -2.35. The standard InChI is InChI=1S/C21H26FN5O2/c1-15(28)24-17-5-6-19(22)18(12-17)21(29)27-10-8-26(9-11-27)20-7-4-16(13-23-20)14-25(2)3/h4-7,12-13H,8-11,14H2,1-3H3,(H,24,28). The van der Waals surface area contributed by atoms with Gasteiger partial charge in [-0.1, -0.05) is 6.07 Å². The fourth-order valence-electron chi connectivity index (χ4n) is 3.34. The fourth-order valence-corrected chi connectivity index (χ4v) is 3.34. The Morgan fingerprint density at radius 1 is 1.14 bits per heavy atom. The molecule has 1 aromatic carbocycles. The Morgan fingerprint density at radius 3 is 2.45 bits per heavy atom. The quantitative estimate of drug-likeness (QED) is 0.835. The lowest BCUT2D eigenvalue weighted by atomic mass is 10.1. The van der Waals surface area contributed by atoms with Gasteiger partial charge in [0.15, 0.2) is 0 Å². The van der Waals surface area contributed by atoms with Crippen molar-refractivity contribution in [2.24, 2.45) is 0 Å². The molecular formula is C21H26FN5O2. The van der Waals surface area contributed by atoms with E-state index in [-0.39, 0.29) is 17.4 Å². The Labute approximate surface area is 170 Å². The molecule has 29 heavy (non-hydrogen) atoms. The molecule has 1 aliphatic rings. The van der Waals surface area contributed by atoms with Gasteiger partial charge >= 0.3 is 0 Å². The van der Waals surface area contributed by atoms with Gasteiger partial charge in [-0.2, -0.15) is 0 Å². The van der Waals surface area contributed by atoms with E-state index in [0.29, 0.717) is 31.9 Å². The van der Waals surface area contributed by atoms with Crippen LogP contribution in [0.2, 0.25) is 0 Å². The van der Waals surface area contributed by atoms with Gasteiger partial charge in [-0.15, -0.1) is 0 Å². The van der Waals surface area contributed by atoms with Crippen molar-refractivity contribution in [3.8, 4) is 0 Å². The summed E-state index contributed by atoms with van der Waals surface area (Å²) in [7, 11) is 4.03. The molecule has 0 aliphatic carbocycles. The molecule has 0 bridgehead atoms. The minimum absolute atomic E-state index is 0.0316. The molecule has 2 aromatic rings. The molecule has 1 aliphatic heterocycles. The summed E-state index contributed by atoms with van der Waals surface area (Å²) in [5, 5.41) is 2.58. The van der Waals surface area contributed by atoms with E-state index in [4.69, 9.17) is 0 Å². The topological polar surface area (TPSA) is 68.8 Å². The first kappa shape index (κ1) is 20.7. The summed E-state index contributed by atoms with van der Waals surface area (Å²) < 4.78 is 14.2. The molecule has 0 saturated carbocycles. The monoisotopic (exact) mass is 399 g/mol. The summed E-state index contributed by atoms with van der Waals surface area (Å²) in [6, 6.07) is 8.08. The van der Waals surface area contributed by atoms with E-state index in [1.54, 1.807) is 4.90 Å². The van der Waals surface area contributed by atoms with E-state index < -0.39 is 5.82 Å². The highest BCUT2D eigenvalue weighted by Gasteiger charge is 2.25. The maximum Gasteiger partial charge on any atom is 0.257 e. The van der Waals surface area contributed by atoms with Crippen LogP contribution in [0.25, 0.3) is 0 Å². The largest absolute Gasteiger partial charge is 0.353 e. The molecule has 0 atom stereocenters. The number of rotatable bonds is 5. The average molecular weight is 399 g/mol. The van der Waals surface area contributed by atoms with Gasteiger partial charge in [-0.25, -0.2) is 9.37 Å². The van der Waals surface area contributed by atoms with Crippen LogP contribution in [0, 0.1) is 5.82 Å². The second-order valence-corrected chi connectivity index (χ2v) is 7.42. The van der Waals surface area contributed by atoms with E-state index in [0.717, 1.165) is 17.9 Å². The lowest BCUT2D eigenvalue weighted by Crippen LogP contribution is -2.49. The first-order chi connectivity index (χ1) is 13.8. The third kappa shape index (κ3) is 5.29. The van der Waals surface area contributed by atoms with Crippen LogP contribution >= 0.6 is 0 Å². The van der Waals surface area contributed by atoms with Gasteiger partial charge < -0.3 is 20.0 Å². The number of nitrogens with one attached hydrogen (secondary N) is 1. The Kier molecular flexibility index (Phi) is 6.43. The number of anilines is 2. The van der Waals surface area contributed by atoms with Crippen molar-refractivity contribution in [2.75, 3.05) is 50.5 Å². The molecule has 1 saturated heterocycles. The van der Waals surface area contributed by atoms with Crippen LogP contribution in [-0.2, 0) is 11.3 Å². The van der Waals surface area contributed by atoms with E-state index >= 15 is 0 Å². The number of pyridine rings is 1. The molecule has 154 valence electrons. The molecule has 1 fully saturated rings. The van der Waals surface area contributed by atoms with Gasteiger partial charge in [0, 0.05) is 51.5 Å². The maximum absolute atomic E-state index is 14.2. The third-order valence-corrected chi connectivity index (χ3v) is 4.72. The van der Waals surface area contributed by atoms with Crippen molar-refractivity contribution in [1.29, 1.82) is 0 Å². The van der Waals surface area contributed by atoms with E-state index in [1.165, 1.54) is 25.1 Å². The first-order valence-electron chi connectivity index (χ1n) is 9.54. The predicted octanol–water partition coefficient (Wildman–Crippen LogP) is 2.20. The van der Waals surface area contributed by atoms with Crippen molar-refractivity contribution in [3.05, 3.63) is 53.5 Å². The number of hydrogen-bond acceptors (Lipinski definition) is 5. The Morgan fingerprint density at radius 2 is 1.86 bits per heavy atom. The minimum atomic E-state index is -0.593. The smallest absolute Gasteiger partial charge is 0.257 e. The zero-order valence-corrected chi connectivity index (χ0v) is 17.0. The van der Waals surface area contributed by atoms with E-state index in [2.05, 4.69) is 26.2 Å². The van der Waals surface area contributed by atoms with Crippen molar-refractivity contribution < 1.29 is 14.0 Å². The SMILES string of the molecule is CC(=O)Nc1ccc(F)c(C(=O)N2CCN(c3ccc(CN(C)C)cn3)CC2)c1. The molecule has 2 heterocycles. The zero-order chi connectivity index (χ0) is 21.0. The molecule has 0 radical (unpaired) electrons. The van der Waals surface area contributed by atoms with Crippen molar-refractivity contribution >= 4 is 23.3 Å².